The van der Waals surface area contributed by atoms with E-state index in [-0.39, 0.29) is 5.91 Å². The first-order chi connectivity index (χ1) is 12.6. The lowest BCUT2D eigenvalue weighted by Gasteiger charge is -2.19. The summed E-state index contributed by atoms with van der Waals surface area (Å²) < 4.78 is 0. The molecular weight excluding hydrogens is 346 g/mol. The highest BCUT2D eigenvalue weighted by atomic mass is 35.5. The van der Waals surface area contributed by atoms with Crippen molar-refractivity contribution in [1.29, 1.82) is 0 Å². The van der Waals surface area contributed by atoms with Gasteiger partial charge in [-0.25, -0.2) is 9.97 Å². The maximum absolute atomic E-state index is 12.9. The zero-order valence-electron chi connectivity index (χ0n) is 14.4. The number of anilines is 1. The Morgan fingerprint density at radius 3 is 2.46 bits per heavy atom. The highest BCUT2D eigenvalue weighted by molar-refractivity contribution is 6.34. The van der Waals surface area contributed by atoms with Crippen LogP contribution < -0.4 is 4.90 Å². The average molecular weight is 364 g/mol. The van der Waals surface area contributed by atoms with E-state index in [1.54, 1.807) is 18.0 Å². The molecule has 0 aliphatic heterocycles. The molecule has 26 heavy (non-hydrogen) atoms. The molecule has 2 aromatic carbocycles. The highest BCUT2D eigenvalue weighted by Crippen LogP contribution is 2.51. The minimum atomic E-state index is -0.108. The Kier molecular flexibility index (Phi) is 3.50. The summed E-state index contributed by atoms with van der Waals surface area (Å²) in [5, 5.41) is 0.553. The molecule has 2 aliphatic rings. The Morgan fingerprint density at radius 2 is 1.73 bits per heavy atom. The van der Waals surface area contributed by atoms with E-state index in [0.29, 0.717) is 28.1 Å². The van der Waals surface area contributed by atoms with Crippen molar-refractivity contribution in [3.05, 3.63) is 64.4 Å². The quantitative estimate of drug-likeness (QED) is 0.648. The minimum Gasteiger partial charge on any atom is -0.310 e. The average Bonchev–Trinajstić information content (AvgIpc) is 3.27. The molecule has 1 saturated carbocycles. The van der Waals surface area contributed by atoms with E-state index in [0.717, 1.165) is 16.7 Å². The van der Waals surface area contributed by atoms with Crippen LogP contribution in [0.15, 0.2) is 42.5 Å². The van der Waals surface area contributed by atoms with Crippen molar-refractivity contribution in [1.82, 2.24) is 9.97 Å². The molecule has 2 atom stereocenters. The van der Waals surface area contributed by atoms with Gasteiger partial charge in [-0.2, -0.15) is 0 Å². The van der Waals surface area contributed by atoms with E-state index in [2.05, 4.69) is 0 Å². The lowest BCUT2D eigenvalue weighted by molar-refractivity contribution is 0.0993. The summed E-state index contributed by atoms with van der Waals surface area (Å²) in [6.07, 6.45) is 3.63. The van der Waals surface area contributed by atoms with Crippen LogP contribution in [0.2, 0.25) is 5.02 Å². The topological polar surface area (TPSA) is 46.1 Å². The molecule has 1 aromatic heterocycles. The van der Waals surface area contributed by atoms with E-state index in [1.165, 1.54) is 25.0 Å². The van der Waals surface area contributed by atoms with Crippen molar-refractivity contribution in [3.63, 3.8) is 0 Å². The lowest BCUT2D eigenvalue weighted by atomic mass is 10.00. The second-order valence-corrected chi connectivity index (χ2v) is 7.63. The first kappa shape index (κ1) is 15.8. The van der Waals surface area contributed by atoms with Gasteiger partial charge in [0.05, 0.1) is 33.1 Å². The SMILES string of the molecule is CN(C(=O)c1ccc2nc3c(nc2c1)C1CCC3C1)c1ccccc1Cl. The number of fused-ring (bicyclic) bond motifs is 6. The number of carbonyl (C=O) groups excluding carboxylic acids is 1. The number of hydrogen-bond acceptors (Lipinski definition) is 3. The van der Waals surface area contributed by atoms with Gasteiger partial charge in [-0.1, -0.05) is 23.7 Å². The summed E-state index contributed by atoms with van der Waals surface area (Å²) in [5.41, 5.74) is 5.29. The first-order valence-corrected chi connectivity index (χ1v) is 9.34. The van der Waals surface area contributed by atoms with Crippen LogP contribution >= 0.6 is 11.6 Å². The number of rotatable bonds is 2. The predicted octanol–water partition coefficient (Wildman–Crippen LogP) is 4.92. The Bertz CT molecular complexity index is 1050. The van der Waals surface area contributed by atoms with Crippen molar-refractivity contribution in [2.45, 2.75) is 31.1 Å². The van der Waals surface area contributed by atoms with E-state index in [4.69, 9.17) is 21.6 Å². The van der Waals surface area contributed by atoms with E-state index < -0.39 is 0 Å². The predicted molar refractivity (Wildman–Crippen MR) is 103 cm³/mol. The van der Waals surface area contributed by atoms with Crippen LogP contribution in [0.5, 0.6) is 0 Å². The third-order valence-corrected chi connectivity index (χ3v) is 6.01. The molecule has 0 spiro atoms. The zero-order chi connectivity index (χ0) is 17.8. The zero-order valence-corrected chi connectivity index (χ0v) is 15.2. The van der Waals surface area contributed by atoms with Gasteiger partial charge in [-0.3, -0.25) is 4.79 Å². The maximum Gasteiger partial charge on any atom is 0.258 e. The molecule has 3 aromatic rings. The van der Waals surface area contributed by atoms with E-state index in [1.807, 2.05) is 36.4 Å². The number of halogens is 1. The molecule has 1 amide bonds. The third-order valence-electron chi connectivity index (χ3n) is 5.69. The summed E-state index contributed by atoms with van der Waals surface area (Å²) >= 11 is 6.23. The second kappa shape index (κ2) is 5.78. The van der Waals surface area contributed by atoms with Crippen LogP contribution in [0.25, 0.3) is 11.0 Å². The number of hydrogen-bond donors (Lipinski definition) is 0. The van der Waals surface area contributed by atoms with Crippen LogP contribution in [-0.2, 0) is 0 Å². The van der Waals surface area contributed by atoms with Gasteiger partial charge in [0.15, 0.2) is 0 Å². The second-order valence-electron chi connectivity index (χ2n) is 7.22. The van der Waals surface area contributed by atoms with Crippen LogP contribution in [-0.4, -0.2) is 22.9 Å². The fourth-order valence-corrected chi connectivity index (χ4v) is 4.58. The summed E-state index contributed by atoms with van der Waals surface area (Å²) in [6.45, 7) is 0. The third kappa shape index (κ3) is 2.32. The Balaban J connectivity index is 1.53. The van der Waals surface area contributed by atoms with Crippen LogP contribution in [0, 0.1) is 0 Å². The molecule has 0 N–H and O–H groups in total. The normalized spacial score (nSPS) is 20.4. The van der Waals surface area contributed by atoms with Gasteiger partial charge in [-0.15, -0.1) is 0 Å². The van der Waals surface area contributed by atoms with Gasteiger partial charge >= 0.3 is 0 Å². The molecule has 0 radical (unpaired) electrons. The minimum absolute atomic E-state index is 0.108. The largest absolute Gasteiger partial charge is 0.310 e. The van der Waals surface area contributed by atoms with E-state index >= 15 is 0 Å². The monoisotopic (exact) mass is 363 g/mol. The molecule has 4 nitrogen and oxygen atoms in total. The molecule has 1 heterocycles. The van der Waals surface area contributed by atoms with Gasteiger partial charge in [0, 0.05) is 24.4 Å². The molecule has 5 heteroatoms. The van der Waals surface area contributed by atoms with Gasteiger partial charge in [0.2, 0.25) is 0 Å². The number of carbonyl (C=O) groups is 1. The maximum atomic E-state index is 12.9. The number of benzene rings is 2. The molecule has 1 fully saturated rings. The molecule has 5 rings (SSSR count). The number of aromatic nitrogens is 2. The standard InChI is InChI=1S/C21H18ClN3O/c1-25(18-5-3-2-4-15(18)22)21(26)14-8-9-16-17(11-14)24-20-13-7-6-12(10-13)19(20)23-16/h2-5,8-9,11-13H,6-7,10H2,1H3. The van der Waals surface area contributed by atoms with Crippen LogP contribution in [0.1, 0.15) is 52.8 Å². The van der Waals surface area contributed by atoms with Gasteiger partial charge < -0.3 is 4.90 Å². The summed E-state index contributed by atoms with van der Waals surface area (Å²) in [6, 6.07) is 12.9. The Hall–Kier alpha value is -2.46. The van der Waals surface area contributed by atoms with Crippen molar-refractivity contribution >= 4 is 34.2 Å². The number of para-hydroxylation sites is 1. The molecule has 130 valence electrons. The Morgan fingerprint density at radius 1 is 1.04 bits per heavy atom. The fraction of sp³-hybridized carbons (Fsp3) is 0.286. The van der Waals surface area contributed by atoms with Crippen LogP contribution in [0.4, 0.5) is 5.69 Å². The van der Waals surface area contributed by atoms with Crippen molar-refractivity contribution in [2.24, 2.45) is 0 Å². The van der Waals surface area contributed by atoms with Gasteiger partial charge in [-0.05, 0) is 49.6 Å². The van der Waals surface area contributed by atoms with E-state index in [9.17, 15) is 4.79 Å². The fourth-order valence-electron chi connectivity index (χ4n) is 4.32. The summed E-state index contributed by atoms with van der Waals surface area (Å²) in [7, 11) is 1.74. The summed E-state index contributed by atoms with van der Waals surface area (Å²) in [5.74, 6) is 1.03. The molecule has 2 bridgehead atoms. The molecule has 2 aliphatic carbocycles. The number of nitrogens with zero attached hydrogens (tertiary/aromatic N) is 3. The summed E-state index contributed by atoms with van der Waals surface area (Å²) in [4.78, 5) is 24.2. The number of amides is 1. The first-order valence-electron chi connectivity index (χ1n) is 8.96. The lowest BCUT2D eigenvalue weighted by Crippen LogP contribution is -2.26. The van der Waals surface area contributed by atoms with Crippen molar-refractivity contribution in [3.8, 4) is 0 Å². The van der Waals surface area contributed by atoms with Crippen molar-refractivity contribution in [2.75, 3.05) is 11.9 Å². The Labute approximate surface area is 156 Å². The van der Waals surface area contributed by atoms with Gasteiger partial charge in [0.25, 0.3) is 5.91 Å². The molecular formula is C21H18ClN3O. The molecule has 0 saturated heterocycles. The smallest absolute Gasteiger partial charge is 0.258 e. The van der Waals surface area contributed by atoms with Crippen molar-refractivity contribution < 1.29 is 4.79 Å². The highest BCUT2D eigenvalue weighted by Gasteiger charge is 2.39. The van der Waals surface area contributed by atoms with Crippen LogP contribution in [0.3, 0.4) is 0 Å². The van der Waals surface area contributed by atoms with Gasteiger partial charge in [0.1, 0.15) is 0 Å². The molecule has 2 unspecified atom stereocenters.